The van der Waals surface area contributed by atoms with E-state index in [1.165, 1.54) is 0 Å². The average Bonchev–Trinajstić information content (AvgIpc) is 2.90. The Kier molecular flexibility index (Phi) is 4.18. The molecular weight excluding hydrogens is 293 g/mol. The zero-order valence-corrected chi connectivity index (χ0v) is 13.1. The molecule has 1 fully saturated rings. The largest absolute Gasteiger partial charge is 0.478 e. The van der Waals surface area contributed by atoms with Crippen molar-refractivity contribution in [3.05, 3.63) is 70.8 Å². The molecule has 2 aromatic carbocycles. The fourth-order valence-electron chi connectivity index (χ4n) is 3.34. The lowest BCUT2D eigenvalue weighted by molar-refractivity contribution is 0.0696. The first-order valence-corrected chi connectivity index (χ1v) is 7.77. The smallest absolute Gasteiger partial charge is 0.335 e. The lowest BCUT2D eigenvalue weighted by Crippen LogP contribution is -2.27. The molecule has 1 aliphatic rings. The lowest BCUT2D eigenvalue weighted by Gasteiger charge is -2.23. The van der Waals surface area contributed by atoms with Crippen LogP contribution in [-0.2, 0) is 12.2 Å². The number of aromatic carboxylic acids is 1. The number of carboxylic acid groups (broad SMARTS) is 1. The first kappa shape index (κ1) is 15.7. The summed E-state index contributed by atoms with van der Waals surface area (Å²) < 4.78 is 15.3. The van der Waals surface area contributed by atoms with E-state index in [4.69, 9.17) is 5.11 Å². The summed E-state index contributed by atoms with van der Waals surface area (Å²) in [5.41, 5.74) is 1.59. The zero-order chi connectivity index (χ0) is 16.4. The molecule has 0 aliphatic carbocycles. The van der Waals surface area contributed by atoms with E-state index in [1.54, 1.807) is 18.2 Å². The highest BCUT2D eigenvalue weighted by Gasteiger charge is 2.40. The molecular formula is C19H20FNO2. The van der Waals surface area contributed by atoms with Crippen molar-refractivity contribution in [2.75, 3.05) is 13.1 Å². The number of carboxylic acids is 1. The van der Waals surface area contributed by atoms with Crippen LogP contribution in [-0.4, -0.2) is 29.1 Å². The summed E-state index contributed by atoms with van der Waals surface area (Å²) in [6, 6.07) is 14.5. The zero-order valence-electron chi connectivity index (χ0n) is 13.1. The number of alkyl halides is 1. The van der Waals surface area contributed by atoms with E-state index in [1.807, 2.05) is 42.2 Å². The molecule has 1 unspecified atom stereocenters. The van der Waals surface area contributed by atoms with E-state index in [2.05, 4.69) is 0 Å². The number of likely N-dealkylation sites (tertiary alicyclic amines) is 1. The number of hydrogen-bond acceptors (Lipinski definition) is 2. The van der Waals surface area contributed by atoms with Gasteiger partial charge in [0, 0.05) is 19.6 Å². The lowest BCUT2D eigenvalue weighted by atomic mass is 9.91. The molecule has 2 aromatic rings. The summed E-state index contributed by atoms with van der Waals surface area (Å²) in [5, 5.41) is 9.06. The Labute approximate surface area is 135 Å². The molecule has 120 valence electrons. The summed E-state index contributed by atoms with van der Waals surface area (Å²) in [5.74, 6) is -0.937. The number of nitrogens with zero attached hydrogens (tertiary/aromatic N) is 1. The maximum Gasteiger partial charge on any atom is 0.335 e. The molecule has 1 atom stereocenters. The topological polar surface area (TPSA) is 40.5 Å². The average molecular weight is 313 g/mol. The van der Waals surface area contributed by atoms with Gasteiger partial charge in [-0.3, -0.25) is 4.90 Å². The minimum absolute atomic E-state index is 0.270. The van der Waals surface area contributed by atoms with Crippen LogP contribution in [0, 0.1) is 6.92 Å². The van der Waals surface area contributed by atoms with Crippen LogP contribution in [0.5, 0.6) is 0 Å². The van der Waals surface area contributed by atoms with Gasteiger partial charge < -0.3 is 5.11 Å². The van der Waals surface area contributed by atoms with Gasteiger partial charge in [0.1, 0.15) is 5.67 Å². The van der Waals surface area contributed by atoms with E-state index in [9.17, 15) is 4.79 Å². The standard InChI is InChI=1S/C19H20FNO2/c1-14-5-2-3-8-17(14)19(20)9-10-21(13-19)12-15-6-4-7-16(11-15)18(22)23/h2-8,11H,9-10,12-13H2,1H3,(H,22,23). The third-order valence-electron chi connectivity index (χ3n) is 4.51. The monoisotopic (exact) mass is 313 g/mol. The van der Waals surface area contributed by atoms with Crippen LogP contribution in [0.3, 0.4) is 0 Å². The minimum Gasteiger partial charge on any atom is -0.478 e. The Bertz CT molecular complexity index is 731. The van der Waals surface area contributed by atoms with Crippen LogP contribution in [0.2, 0.25) is 0 Å². The number of aryl methyl sites for hydroxylation is 1. The Morgan fingerprint density at radius 3 is 2.78 bits per heavy atom. The summed E-state index contributed by atoms with van der Waals surface area (Å²) in [6.45, 7) is 3.52. The van der Waals surface area contributed by atoms with Crippen LogP contribution >= 0.6 is 0 Å². The molecule has 0 bridgehead atoms. The van der Waals surface area contributed by atoms with E-state index < -0.39 is 11.6 Å². The second-order valence-electron chi connectivity index (χ2n) is 6.25. The van der Waals surface area contributed by atoms with Gasteiger partial charge >= 0.3 is 5.97 Å². The number of hydrogen-bond donors (Lipinski definition) is 1. The Morgan fingerprint density at radius 1 is 1.26 bits per heavy atom. The fourth-order valence-corrected chi connectivity index (χ4v) is 3.34. The molecule has 3 nitrogen and oxygen atoms in total. The SMILES string of the molecule is Cc1ccccc1C1(F)CCN(Cc2cccc(C(=O)O)c2)C1. The minimum atomic E-state index is -1.32. The molecule has 1 heterocycles. The molecule has 0 saturated carbocycles. The van der Waals surface area contributed by atoms with Crippen molar-refractivity contribution in [3.8, 4) is 0 Å². The van der Waals surface area contributed by atoms with Gasteiger partial charge in [-0.25, -0.2) is 9.18 Å². The number of halogens is 1. The molecule has 3 rings (SSSR count). The molecule has 1 aliphatic heterocycles. The van der Waals surface area contributed by atoms with Crippen molar-refractivity contribution in [1.82, 2.24) is 4.90 Å². The van der Waals surface area contributed by atoms with E-state index >= 15 is 4.39 Å². The third kappa shape index (κ3) is 3.27. The molecule has 4 heteroatoms. The van der Waals surface area contributed by atoms with Gasteiger partial charge in [-0.15, -0.1) is 0 Å². The molecule has 23 heavy (non-hydrogen) atoms. The molecule has 1 N–H and O–H groups in total. The van der Waals surface area contributed by atoms with Crippen LogP contribution in [0.25, 0.3) is 0 Å². The van der Waals surface area contributed by atoms with Gasteiger partial charge in [-0.05, 0) is 42.2 Å². The Balaban J connectivity index is 1.74. The van der Waals surface area contributed by atoms with E-state index in [-0.39, 0.29) is 5.56 Å². The highest BCUT2D eigenvalue weighted by atomic mass is 19.1. The Morgan fingerprint density at radius 2 is 2.04 bits per heavy atom. The van der Waals surface area contributed by atoms with Gasteiger partial charge in [0.25, 0.3) is 0 Å². The van der Waals surface area contributed by atoms with Crippen LogP contribution in [0.1, 0.15) is 33.5 Å². The van der Waals surface area contributed by atoms with Crippen molar-refractivity contribution in [2.24, 2.45) is 0 Å². The van der Waals surface area contributed by atoms with E-state index in [0.29, 0.717) is 26.1 Å². The van der Waals surface area contributed by atoms with Gasteiger partial charge in [0.05, 0.1) is 5.56 Å². The van der Waals surface area contributed by atoms with Gasteiger partial charge in [0.2, 0.25) is 0 Å². The Hall–Kier alpha value is -2.20. The molecule has 1 saturated heterocycles. The van der Waals surface area contributed by atoms with Crippen molar-refractivity contribution < 1.29 is 14.3 Å². The second-order valence-corrected chi connectivity index (χ2v) is 6.25. The van der Waals surface area contributed by atoms with Crippen molar-refractivity contribution in [1.29, 1.82) is 0 Å². The molecule has 0 spiro atoms. The summed E-state index contributed by atoms with van der Waals surface area (Å²) in [7, 11) is 0. The predicted molar refractivity (Wildman–Crippen MR) is 87.3 cm³/mol. The first-order chi connectivity index (χ1) is 11.0. The van der Waals surface area contributed by atoms with Crippen LogP contribution in [0.4, 0.5) is 4.39 Å². The van der Waals surface area contributed by atoms with Crippen LogP contribution < -0.4 is 0 Å². The summed E-state index contributed by atoms with van der Waals surface area (Å²) in [4.78, 5) is 13.1. The quantitative estimate of drug-likeness (QED) is 0.934. The normalized spacial score (nSPS) is 21.5. The molecule has 0 aromatic heterocycles. The molecule has 0 radical (unpaired) electrons. The predicted octanol–water partition coefficient (Wildman–Crippen LogP) is 3.76. The maximum atomic E-state index is 15.3. The number of carbonyl (C=O) groups is 1. The summed E-state index contributed by atoms with van der Waals surface area (Å²) in [6.07, 6.45) is 0.469. The van der Waals surface area contributed by atoms with E-state index in [0.717, 1.165) is 16.7 Å². The van der Waals surface area contributed by atoms with Gasteiger partial charge in [-0.2, -0.15) is 0 Å². The third-order valence-corrected chi connectivity index (χ3v) is 4.51. The summed E-state index contributed by atoms with van der Waals surface area (Å²) >= 11 is 0. The van der Waals surface area contributed by atoms with Crippen LogP contribution in [0.15, 0.2) is 48.5 Å². The van der Waals surface area contributed by atoms with Crippen molar-refractivity contribution >= 4 is 5.97 Å². The highest BCUT2D eigenvalue weighted by Crippen LogP contribution is 2.38. The second kappa shape index (κ2) is 6.13. The first-order valence-electron chi connectivity index (χ1n) is 7.77. The fraction of sp³-hybridized carbons (Fsp3) is 0.316. The maximum absolute atomic E-state index is 15.3. The van der Waals surface area contributed by atoms with Gasteiger partial charge in [-0.1, -0.05) is 36.4 Å². The number of rotatable bonds is 4. The van der Waals surface area contributed by atoms with Crippen molar-refractivity contribution in [2.45, 2.75) is 25.6 Å². The molecule has 0 amide bonds. The number of benzene rings is 2. The highest BCUT2D eigenvalue weighted by molar-refractivity contribution is 5.87. The van der Waals surface area contributed by atoms with Gasteiger partial charge in [0.15, 0.2) is 0 Å². The van der Waals surface area contributed by atoms with Crippen molar-refractivity contribution in [3.63, 3.8) is 0 Å².